The highest BCUT2D eigenvalue weighted by atomic mass is 16.7. The van der Waals surface area contributed by atoms with Crippen LogP contribution in [0.5, 0.6) is 51.7 Å². The molecule has 5 atom stereocenters. The van der Waals surface area contributed by atoms with Crippen LogP contribution in [0.3, 0.4) is 0 Å². The van der Waals surface area contributed by atoms with Crippen molar-refractivity contribution in [2.24, 2.45) is 0 Å². The number of aryl methyl sites for hydroxylation is 1. The first-order chi connectivity index (χ1) is 24.7. The third-order valence-corrected chi connectivity index (χ3v) is 8.55. The van der Waals surface area contributed by atoms with Crippen molar-refractivity contribution in [1.29, 1.82) is 0 Å². The number of carbonyl (C=O) groups excluding carboxylic acids is 3. The second kappa shape index (κ2) is 13.7. The van der Waals surface area contributed by atoms with Crippen molar-refractivity contribution in [1.82, 2.24) is 0 Å². The number of fused-ring (bicyclic) bond motifs is 4. The summed E-state index contributed by atoms with van der Waals surface area (Å²) in [7, 11) is 0. The molecule has 5 unspecified atom stereocenters. The Bertz CT molecular complexity index is 2060. The van der Waals surface area contributed by atoms with Gasteiger partial charge in [-0.05, 0) is 24.1 Å². The van der Waals surface area contributed by atoms with E-state index in [9.17, 15) is 65.4 Å². The molecule has 1 fully saturated rings. The summed E-state index contributed by atoms with van der Waals surface area (Å²) in [6, 6.07) is 12.1. The topological polar surface area (TPSA) is 290 Å². The summed E-state index contributed by atoms with van der Waals surface area (Å²) in [6.07, 6.45) is -9.29. The standard InChI is InChI=1S/C35H30O17/c36-17(7-6-13-4-2-1-3-5-13)25-18(37)8-14(9-19(25)38)50-35-31(46)30(45)32-22(51-35)12-49-33(47)15-10-20(39)26(41)28(43)23(15)24-16(34(48)52-32)11-21(40)27(42)29(24)44/h1-5,8-11,22,30-32,35,37-46H,6-7,12H2. The average Bonchev–Trinajstić information content (AvgIpc) is 3.12. The number of phenols is 8. The molecule has 4 aromatic carbocycles. The van der Waals surface area contributed by atoms with Crippen molar-refractivity contribution in [3.8, 4) is 62.9 Å². The zero-order valence-corrected chi connectivity index (χ0v) is 26.5. The van der Waals surface area contributed by atoms with Crippen LogP contribution in [0.15, 0.2) is 54.6 Å². The van der Waals surface area contributed by atoms with E-state index in [2.05, 4.69) is 0 Å². The molecule has 2 heterocycles. The van der Waals surface area contributed by atoms with E-state index in [1.54, 1.807) is 12.1 Å². The predicted octanol–water partition coefficient (Wildman–Crippen LogP) is 2.04. The van der Waals surface area contributed by atoms with Crippen molar-refractivity contribution in [3.05, 3.63) is 76.9 Å². The van der Waals surface area contributed by atoms with Gasteiger partial charge in [-0.3, -0.25) is 4.79 Å². The molecule has 17 nitrogen and oxygen atoms in total. The minimum absolute atomic E-state index is 0.0573. The van der Waals surface area contributed by atoms with Gasteiger partial charge in [0.25, 0.3) is 0 Å². The Hall–Kier alpha value is -6.43. The van der Waals surface area contributed by atoms with Crippen molar-refractivity contribution in [2.75, 3.05) is 6.61 Å². The number of rotatable bonds is 6. The van der Waals surface area contributed by atoms with Gasteiger partial charge in [-0.15, -0.1) is 0 Å². The van der Waals surface area contributed by atoms with Gasteiger partial charge in [0, 0.05) is 29.7 Å². The molecule has 1 saturated heterocycles. The molecular weight excluding hydrogens is 692 g/mol. The number of ether oxygens (including phenoxy) is 4. The Balaban J connectivity index is 1.31. The fraction of sp³-hybridized carbons (Fsp3) is 0.229. The Labute approximate surface area is 291 Å². The maximum atomic E-state index is 13.6. The summed E-state index contributed by atoms with van der Waals surface area (Å²) in [5.41, 5.74) is -2.86. The van der Waals surface area contributed by atoms with E-state index >= 15 is 0 Å². The average molecular weight is 723 g/mol. The molecule has 0 bridgehead atoms. The van der Waals surface area contributed by atoms with Gasteiger partial charge in [0.05, 0.1) is 11.1 Å². The second-order valence-corrected chi connectivity index (χ2v) is 11.9. The number of aliphatic hydroxyl groups excluding tert-OH is 2. The van der Waals surface area contributed by atoms with E-state index in [-0.39, 0.29) is 12.2 Å². The Kier molecular flexibility index (Phi) is 9.33. The van der Waals surface area contributed by atoms with Gasteiger partial charge in [0.1, 0.15) is 47.7 Å². The minimum Gasteiger partial charge on any atom is -0.507 e. The van der Waals surface area contributed by atoms with E-state index in [1.807, 2.05) is 18.2 Å². The van der Waals surface area contributed by atoms with Crippen LogP contribution < -0.4 is 4.74 Å². The number of hydrogen-bond acceptors (Lipinski definition) is 17. The number of Topliss-reactive ketones (excluding diaryl/α,β-unsaturated/α-hetero) is 1. The zero-order valence-electron chi connectivity index (χ0n) is 26.5. The van der Waals surface area contributed by atoms with E-state index in [4.69, 9.17) is 18.9 Å². The van der Waals surface area contributed by atoms with Crippen molar-refractivity contribution in [3.63, 3.8) is 0 Å². The van der Waals surface area contributed by atoms with E-state index in [1.165, 1.54) is 0 Å². The Morgan fingerprint density at radius 1 is 0.712 bits per heavy atom. The first-order valence-electron chi connectivity index (χ1n) is 15.4. The third kappa shape index (κ3) is 6.34. The molecule has 2 aliphatic heterocycles. The fourth-order valence-electron chi connectivity index (χ4n) is 5.92. The summed E-state index contributed by atoms with van der Waals surface area (Å²) in [4.78, 5) is 39.8. The molecule has 0 aliphatic carbocycles. The highest BCUT2D eigenvalue weighted by Gasteiger charge is 2.49. The van der Waals surface area contributed by atoms with Crippen LogP contribution >= 0.6 is 0 Å². The number of phenolic OH excluding ortho intramolecular Hbond substituents is 8. The molecule has 4 aromatic rings. The predicted molar refractivity (Wildman–Crippen MR) is 172 cm³/mol. The van der Waals surface area contributed by atoms with Gasteiger partial charge < -0.3 is 70.0 Å². The van der Waals surface area contributed by atoms with Crippen LogP contribution in [0.4, 0.5) is 0 Å². The first-order valence-corrected chi connectivity index (χ1v) is 15.4. The largest absolute Gasteiger partial charge is 0.507 e. The minimum atomic E-state index is -2.08. The van der Waals surface area contributed by atoms with Crippen LogP contribution in [-0.4, -0.2) is 106 Å². The normalized spacial score (nSPS) is 21.4. The number of aliphatic hydroxyl groups is 2. The molecule has 0 saturated carbocycles. The molecule has 0 radical (unpaired) electrons. The molecule has 17 heteroatoms. The number of carbonyl (C=O) groups is 3. The Morgan fingerprint density at radius 2 is 1.27 bits per heavy atom. The summed E-state index contributed by atoms with van der Waals surface area (Å²) < 4.78 is 21.9. The highest BCUT2D eigenvalue weighted by Crippen LogP contribution is 2.53. The van der Waals surface area contributed by atoms with Crippen molar-refractivity contribution >= 4 is 17.7 Å². The smallest absolute Gasteiger partial charge is 0.339 e. The molecule has 0 spiro atoms. The van der Waals surface area contributed by atoms with Gasteiger partial charge in [0.2, 0.25) is 17.8 Å². The van der Waals surface area contributed by atoms with Crippen molar-refractivity contribution < 1.29 is 84.4 Å². The van der Waals surface area contributed by atoms with Crippen molar-refractivity contribution in [2.45, 2.75) is 43.5 Å². The van der Waals surface area contributed by atoms with Gasteiger partial charge in [-0.1, -0.05) is 30.3 Å². The first kappa shape index (κ1) is 35.4. The molecule has 0 aromatic heterocycles. The van der Waals surface area contributed by atoms with E-state index < -0.39 is 129 Å². The fourth-order valence-corrected chi connectivity index (χ4v) is 5.92. The summed E-state index contributed by atoms with van der Waals surface area (Å²) >= 11 is 0. The number of benzene rings is 4. The van der Waals surface area contributed by atoms with Gasteiger partial charge in [-0.25, -0.2) is 9.59 Å². The number of aromatic hydroxyl groups is 8. The molecule has 10 N–H and O–H groups in total. The maximum absolute atomic E-state index is 13.6. The maximum Gasteiger partial charge on any atom is 0.339 e. The lowest BCUT2D eigenvalue weighted by Crippen LogP contribution is -2.61. The SMILES string of the molecule is O=C1OCC2OC(Oc3cc(O)c(C(=O)CCc4ccccc4)c(O)c3)C(O)C(O)C2OC(=O)c2cc(O)c(O)c(O)c2-c2c1cc(O)c(O)c2O. The number of cyclic esters (lactones) is 1. The summed E-state index contributed by atoms with van der Waals surface area (Å²) in [5, 5.41) is 106. The lowest BCUT2D eigenvalue weighted by Gasteiger charge is -2.41. The van der Waals surface area contributed by atoms with Crippen LogP contribution in [-0.2, 0) is 20.6 Å². The Morgan fingerprint density at radius 3 is 1.85 bits per heavy atom. The van der Waals surface area contributed by atoms with E-state index in [0.717, 1.165) is 17.7 Å². The third-order valence-electron chi connectivity index (χ3n) is 8.55. The second-order valence-electron chi connectivity index (χ2n) is 11.9. The van der Waals surface area contributed by atoms with Gasteiger partial charge in [0.15, 0.2) is 34.9 Å². The number of ketones is 1. The van der Waals surface area contributed by atoms with Crippen LogP contribution in [0.1, 0.15) is 43.1 Å². The lowest BCUT2D eigenvalue weighted by molar-refractivity contribution is -0.276. The number of esters is 2. The molecule has 272 valence electrons. The monoisotopic (exact) mass is 722 g/mol. The lowest BCUT2D eigenvalue weighted by atomic mass is 9.92. The molecule has 0 amide bonds. The molecule has 52 heavy (non-hydrogen) atoms. The van der Waals surface area contributed by atoms with Gasteiger partial charge in [-0.2, -0.15) is 0 Å². The molecular formula is C35H30O17. The number of hydrogen-bond donors (Lipinski definition) is 10. The zero-order chi connectivity index (χ0) is 37.6. The van der Waals surface area contributed by atoms with Crippen LogP contribution in [0, 0.1) is 0 Å². The van der Waals surface area contributed by atoms with E-state index in [0.29, 0.717) is 18.6 Å². The molecule has 6 rings (SSSR count). The summed E-state index contributed by atoms with van der Waals surface area (Å²) in [6.45, 7) is -0.882. The van der Waals surface area contributed by atoms with Crippen LogP contribution in [0.25, 0.3) is 11.1 Å². The highest BCUT2D eigenvalue weighted by molar-refractivity contribution is 6.08. The molecule has 2 aliphatic rings. The van der Waals surface area contributed by atoms with Crippen LogP contribution in [0.2, 0.25) is 0 Å². The van der Waals surface area contributed by atoms with Gasteiger partial charge >= 0.3 is 11.9 Å². The quantitative estimate of drug-likeness (QED) is 0.0774. The summed E-state index contributed by atoms with van der Waals surface area (Å²) in [5.74, 6) is -12.2.